The second-order valence-corrected chi connectivity index (χ2v) is 5.90. The van der Waals surface area contributed by atoms with Crippen LogP contribution in [0, 0.1) is 5.92 Å². The van der Waals surface area contributed by atoms with Crippen molar-refractivity contribution in [2.45, 2.75) is 52.6 Å². The molecule has 0 aromatic carbocycles. The Morgan fingerprint density at radius 1 is 1.37 bits per heavy atom. The first kappa shape index (κ1) is 14.3. The predicted molar refractivity (Wildman–Crippen MR) is 77.3 cm³/mol. The number of aromatic nitrogens is 2. The van der Waals surface area contributed by atoms with Gasteiger partial charge in [-0.3, -0.25) is 0 Å². The van der Waals surface area contributed by atoms with Crippen molar-refractivity contribution in [2.24, 2.45) is 5.92 Å². The van der Waals surface area contributed by atoms with E-state index in [1.807, 2.05) is 6.20 Å². The van der Waals surface area contributed by atoms with E-state index >= 15 is 0 Å². The Morgan fingerprint density at radius 2 is 2.16 bits per heavy atom. The van der Waals surface area contributed by atoms with Gasteiger partial charge in [0.05, 0.1) is 24.2 Å². The average Bonchev–Trinajstić information content (AvgIpc) is 2.62. The van der Waals surface area contributed by atoms with Crippen molar-refractivity contribution in [3.8, 4) is 0 Å². The molecule has 1 saturated heterocycles. The molecule has 2 heterocycles. The van der Waals surface area contributed by atoms with Crippen molar-refractivity contribution in [1.82, 2.24) is 9.97 Å². The van der Waals surface area contributed by atoms with Crippen LogP contribution in [-0.2, 0) is 6.61 Å². The number of rotatable bonds is 3. The Kier molecular flexibility index (Phi) is 4.75. The van der Waals surface area contributed by atoms with Gasteiger partial charge in [-0.1, -0.05) is 20.8 Å². The number of hydrogen-bond donors (Lipinski definition) is 1. The molecule has 0 radical (unpaired) electrons. The largest absolute Gasteiger partial charge is 0.390 e. The monoisotopic (exact) mass is 263 g/mol. The van der Waals surface area contributed by atoms with E-state index in [2.05, 4.69) is 35.6 Å². The van der Waals surface area contributed by atoms with E-state index in [-0.39, 0.29) is 6.61 Å². The van der Waals surface area contributed by atoms with E-state index < -0.39 is 0 Å². The van der Waals surface area contributed by atoms with Gasteiger partial charge in [-0.25, -0.2) is 9.97 Å². The minimum Gasteiger partial charge on any atom is -0.390 e. The maximum absolute atomic E-state index is 9.56. The summed E-state index contributed by atoms with van der Waals surface area (Å²) in [5.74, 6) is 1.90. The summed E-state index contributed by atoms with van der Waals surface area (Å²) in [5, 5.41) is 9.56. The van der Waals surface area contributed by atoms with Gasteiger partial charge in [0.1, 0.15) is 5.82 Å². The molecule has 4 heteroatoms. The van der Waals surface area contributed by atoms with Crippen LogP contribution in [0.5, 0.6) is 0 Å². The van der Waals surface area contributed by atoms with Gasteiger partial charge in [0.2, 0.25) is 0 Å². The van der Waals surface area contributed by atoms with Crippen LogP contribution < -0.4 is 4.90 Å². The molecule has 0 aliphatic carbocycles. The van der Waals surface area contributed by atoms with E-state index in [0.717, 1.165) is 36.2 Å². The number of nitrogens with zero attached hydrogens (tertiary/aromatic N) is 3. The van der Waals surface area contributed by atoms with E-state index in [4.69, 9.17) is 0 Å². The third-order valence-electron chi connectivity index (χ3n) is 3.89. The van der Waals surface area contributed by atoms with Gasteiger partial charge >= 0.3 is 0 Å². The van der Waals surface area contributed by atoms with Crippen LogP contribution in [0.3, 0.4) is 0 Å². The lowest BCUT2D eigenvalue weighted by atomic mass is 10.0. The van der Waals surface area contributed by atoms with Crippen molar-refractivity contribution in [2.75, 3.05) is 18.0 Å². The molecule has 0 bridgehead atoms. The molecule has 1 aromatic heterocycles. The van der Waals surface area contributed by atoms with Crippen molar-refractivity contribution >= 4 is 5.69 Å². The summed E-state index contributed by atoms with van der Waals surface area (Å²) in [5.41, 5.74) is 1.79. The molecule has 1 fully saturated rings. The van der Waals surface area contributed by atoms with Crippen molar-refractivity contribution in [1.29, 1.82) is 0 Å². The zero-order valence-corrected chi connectivity index (χ0v) is 12.3. The lowest BCUT2D eigenvalue weighted by Crippen LogP contribution is -2.26. The van der Waals surface area contributed by atoms with Crippen molar-refractivity contribution in [3.05, 3.63) is 17.7 Å². The fourth-order valence-corrected chi connectivity index (χ4v) is 2.59. The van der Waals surface area contributed by atoms with Gasteiger partial charge in [0.25, 0.3) is 0 Å². The first-order valence-corrected chi connectivity index (χ1v) is 7.33. The quantitative estimate of drug-likeness (QED) is 0.911. The molecule has 0 spiro atoms. The number of aliphatic hydroxyl groups excluding tert-OH is 1. The third kappa shape index (κ3) is 3.44. The molecule has 1 atom stereocenters. The molecule has 1 unspecified atom stereocenters. The highest BCUT2D eigenvalue weighted by Gasteiger charge is 2.18. The maximum Gasteiger partial charge on any atom is 0.131 e. The topological polar surface area (TPSA) is 49.2 Å². The Balaban J connectivity index is 2.23. The Hall–Kier alpha value is -1.16. The Labute approximate surface area is 115 Å². The fraction of sp³-hybridized carbons (Fsp3) is 0.733. The fourth-order valence-electron chi connectivity index (χ4n) is 2.59. The first-order valence-electron chi connectivity index (χ1n) is 7.33. The third-order valence-corrected chi connectivity index (χ3v) is 3.89. The molecule has 1 N–H and O–H groups in total. The molecule has 0 saturated carbocycles. The summed E-state index contributed by atoms with van der Waals surface area (Å²) < 4.78 is 0. The van der Waals surface area contributed by atoms with Crippen LogP contribution in [0.1, 0.15) is 57.5 Å². The molecule has 4 nitrogen and oxygen atoms in total. The summed E-state index contributed by atoms with van der Waals surface area (Å²) in [6.07, 6.45) is 5.59. The maximum atomic E-state index is 9.56. The average molecular weight is 263 g/mol. The molecule has 1 aliphatic rings. The Bertz CT molecular complexity index is 420. The van der Waals surface area contributed by atoms with E-state index in [0.29, 0.717) is 5.92 Å². The van der Waals surface area contributed by atoms with Crippen molar-refractivity contribution in [3.63, 3.8) is 0 Å². The molecule has 19 heavy (non-hydrogen) atoms. The van der Waals surface area contributed by atoms with Crippen LogP contribution >= 0.6 is 0 Å². The molecular formula is C15H25N3O. The predicted octanol–water partition coefficient (Wildman–Crippen LogP) is 2.72. The summed E-state index contributed by atoms with van der Waals surface area (Å²) in [4.78, 5) is 11.3. The summed E-state index contributed by atoms with van der Waals surface area (Å²) in [7, 11) is 0. The van der Waals surface area contributed by atoms with Crippen molar-refractivity contribution < 1.29 is 5.11 Å². The normalized spacial score (nSPS) is 20.7. The highest BCUT2D eigenvalue weighted by molar-refractivity contribution is 5.49. The highest BCUT2D eigenvalue weighted by Crippen LogP contribution is 2.25. The minimum atomic E-state index is -0.0103. The van der Waals surface area contributed by atoms with Crippen LogP contribution in [0.4, 0.5) is 5.69 Å². The van der Waals surface area contributed by atoms with Gasteiger partial charge in [-0.15, -0.1) is 0 Å². The van der Waals surface area contributed by atoms with Gasteiger partial charge < -0.3 is 10.0 Å². The van der Waals surface area contributed by atoms with E-state index in [1.165, 1.54) is 19.3 Å². The minimum absolute atomic E-state index is 0.0103. The lowest BCUT2D eigenvalue weighted by molar-refractivity contribution is 0.276. The zero-order valence-electron chi connectivity index (χ0n) is 12.3. The Morgan fingerprint density at radius 3 is 2.84 bits per heavy atom. The zero-order chi connectivity index (χ0) is 13.8. The summed E-state index contributed by atoms with van der Waals surface area (Å²) in [6.45, 7) is 8.53. The molecule has 106 valence electrons. The molecule has 2 rings (SSSR count). The second-order valence-electron chi connectivity index (χ2n) is 5.90. The SMILES string of the molecule is CC1CCCN(c2cnc(C(C)C)nc2CO)CC1. The number of anilines is 1. The van der Waals surface area contributed by atoms with Gasteiger partial charge in [-0.2, -0.15) is 0 Å². The first-order chi connectivity index (χ1) is 9.11. The van der Waals surface area contributed by atoms with E-state index in [9.17, 15) is 5.11 Å². The molecule has 1 aliphatic heterocycles. The number of hydrogen-bond acceptors (Lipinski definition) is 4. The summed E-state index contributed by atoms with van der Waals surface area (Å²) in [6, 6.07) is 0. The number of aliphatic hydroxyl groups is 1. The summed E-state index contributed by atoms with van der Waals surface area (Å²) >= 11 is 0. The second kappa shape index (κ2) is 6.33. The van der Waals surface area contributed by atoms with Gasteiger partial charge in [0.15, 0.2) is 0 Å². The van der Waals surface area contributed by atoms with Crippen LogP contribution in [-0.4, -0.2) is 28.2 Å². The smallest absolute Gasteiger partial charge is 0.131 e. The van der Waals surface area contributed by atoms with Gasteiger partial charge in [0, 0.05) is 19.0 Å². The van der Waals surface area contributed by atoms with Crippen LogP contribution in [0.25, 0.3) is 0 Å². The van der Waals surface area contributed by atoms with Gasteiger partial charge in [-0.05, 0) is 25.2 Å². The molecular weight excluding hydrogens is 238 g/mol. The molecule has 0 amide bonds. The lowest BCUT2D eigenvalue weighted by Gasteiger charge is -2.24. The van der Waals surface area contributed by atoms with Crippen LogP contribution in [0.2, 0.25) is 0 Å². The van der Waals surface area contributed by atoms with Crippen LogP contribution in [0.15, 0.2) is 6.20 Å². The van der Waals surface area contributed by atoms with E-state index in [1.54, 1.807) is 0 Å². The standard InChI is InChI=1S/C15H25N3O/c1-11(2)15-16-9-14(13(10-19)17-15)18-7-4-5-12(3)6-8-18/h9,11-12,19H,4-8,10H2,1-3H3. The highest BCUT2D eigenvalue weighted by atomic mass is 16.3. The molecule has 1 aromatic rings.